The average molecular weight is 288 g/mol. The van der Waals surface area contributed by atoms with Crippen LogP contribution in [0.15, 0.2) is 41.7 Å². The maximum atomic E-state index is 4.28. The maximum absolute atomic E-state index is 4.28. The van der Waals surface area contributed by atoms with Gasteiger partial charge in [-0.2, -0.15) is 0 Å². The van der Waals surface area contributed by atoms with Crippen LogP contribution in [0.4, 0.5) is 0 Å². The van der Waals surface area contributed by atoms with Crippen molar-refractivity contribution in [2.24, 2.45) is 0 Å². The highest BCUT2D eigenvalue weighted by atomic mass is 32.2. The Bertz CT molecular complexity index is 497. The summed E-state index contributed by atoms with van der Waals surface area (Å²) in [5.41, 5.74) is 1.94. The fraction of sp³-hybridized carbons (Fsp3) is 0.400. The van der Waals surface area contributed by atoms with Gasteiger partial charge in [0, 0.05) is 30.3 Å². The molecule has 2 aromatic rings. The first kappa shape index (κ1) is 14.9. The van der Waals surface area contributed by atoms with Crippen LogP contribution in [0, 0.1) is 0 Å². The number of hydrogen-bond acceptors (Lipinski definition) is 5. The molecule has 0 saturated carbocycles. The molecule has 106 valence electrons. The van der Waals surface area contributed by atoms with E-state index in [-0.39, 0.29) is 0 Å². The molecular formula is C15H20N4S. The summed E-state index contributed by atoms with van der Waals surface area (Å²) in [6.07, 6.45) is 3.54. The van der Waals surface area contributed by atoms with Crippen LogP contribution in [-0.2, 0) is 0 Å². The Morgan fingerprint density at radius 3 is 2.35 bits per heavy atom. The first-order valence-corrected chi connectivity index (χ1v) is 7.91. The Labute approximate surface area is 124 Å². The third-order valence-corrected chi connectivity index (χ3v) is 4.07. The molecule has 0 aromatic carbocycles. The van der Waals surface area contributed by atoms with Gasteiger partial charge in [-0.1, -0.05) is 13.8 Å². The van der Waals surface area contributed by atoms with Gasteiger partial charge in [0.2, 0.25) is 0 Å². The molecule has 2 aromatic heterocycles. The monoisotopic (exact) mass is 288 g/mol. The number of hydrogen-bond donors (Lipinski definition) is 0. The highest BCUT2D eigenvalue weighted by Crippen LogP contribution is 2.19. The SMILES string of the molecule is CCN(CC)CCSc1ccc(-c2ccncc2)nn1. The van der Waals surface area contributed by atoms with Gasteiger partial charge >= 0.3 is 0 Å². The highest BCUT2D eigenvalue weighted by molar-refractivity contribution is 7.99. The lowest BCUT2D eigenvalue weighted by Crippen LogP contribution is -2.25. The third kappa shape index (κ3) is 4.28. The minimum Gasteiger partial charge on any atom is -0.303 e. The first-order chi connectivity index (χ1) is 9.83. The van der Waals surface area contributed by atoms with E-state index in [9.17, 15) is 0 Å². The van der Waals surface area contributed by atoms with E-state index in [2.05, 4.69) is 33.9 Å². The van der Waals surface area contributed by atoms with Crippen molar-refractivity contribution in [2.45, 2.75) is 18.9 Å². The minimum atomic E-state index is 0.889. The molecular weight excluding hydrogens is 268 g/mol. The number of aromatic nitrogens is 3. The fourth-order valence-corrected chi connectivity index (χ4v) is 2.71. The molecule has 0 fully saturated rings. The third-order valence-electron chi connectivity index (χ3n) is 3.17. The average Bonchev–Trinajstić information content (AvgIpc) is 2.53. The molecule has 0 atom stereocenters. The molecule has 0 amide bonds. The summed E-state index contributed by atoms with van der Waals surface area (Å²) in [6.45, 7) is 7.67. The summed E-state index contributed by atoms with van der Waals surface area (Å²) < 4.78 is 0. The molecule has 5 heteroatoms. The molecule has 0 bridgehead atoms. The Morgan fingerprint density at radius 1 is 1.00 bits per heavy atom. The van der Waals surface area contributed by atoms with Crippen molar-refractivity contribution in [3.05, 3.63) is 36.7 Å². The summed E-state index contributed by atoms with van der Waals surface area (Å²) in [5, 5.41) is 9.53. The normalized spacial score (nSPS) is 10.9. The van der Waals surface area contributed by atoms with Crippen molar-refractivity contribution >= 4 is 11.8 Å². The summed E-state index contributed by atoms with van der Waals surface area (Å²) in [5.74, 6) is 1.05. The summed E-state index contributed by atoms with van der Waals surface area (Å²) in [7, 11) is 0. The quantitative estimate of drug-likeness (QED) is 0.733. The summed E-state index contributed by atoms with van der Waals surface area (Å²) in [6, 6.07) is 7.94. The Hall–Kier alpha value is -1.46. The van der Waals surface area contributed by atoms with Crippen LogP contribution in [0.25, 0.3) is 11.3 Å². The first-order valence-electron chi connectivity index (χ1n) is 6.92. The van der Waals surface area contributed by atoms with E-state index in [1.54, 1.807) is 24.2 Å². The molecule has 0 aliphatic carbocycles. The molecule has 0 aliphatic heterocycles. The van der Waals surface area contributed by atoms with E-state index < -0.39 is 0 Å². The Balaban J connectivity index is 1.89. The molecule has 2 rings (SSSR count). The highest BCUT2D eigenvalue weighted by Gasteiger charge is 2.03. The second-order valence-electron chi connectivity index (χ2n) is 4.37. The molecule has 20 heavy (non-hydrogen) atoms. The van der Waals surface area contributed by atoms with Crippen LogP contribution in [0.3, 0.4) is 0 Å². The van der Waals surface area contributed by atoms with E-state index in [4.69, 9.17) is 0 Å². The molecule has 0 aliphatic rings. The predicted octanol–water partition coefficient (Wildman–Crippen LogP) is 2.97. The van der Waals surface area contributed by atoms with Gasteiger partial charge in [-0.25, -0.2) is 0 Å². The van der Waals surface area contributed by atoms with Gasteiger partial charge in [-0.3, -0.25) is 4.98 Å². The zero-order valence-electron chi connectivity index (χ0n) is 12.0. The second-order valence-corrected chi connectivity index (χ2v) is 5.48. The molecule has 0 unspecified atom stereocenters. The minimum absolute atomic E-state index is 0.889. The Kier molecular flexibility index (Phi) is 5.95. The van der Waals surface area contributed by atoms with Crippen LogP contribution in [0.2, 0.25) is 0 Å². The zero-order valence-corrected chi connectivity index (χ0v) is 12.8. The van der Waals surface area contributed by atoms with Crippen molar-refractivity contribution in [1.29, 1.82) is 0 Å². The topological polar surface area (TPSA) is 41.9 Å². The molecule has 0 spiro atoms. The van der Waals surface area contributed by atoms with Gasteiger partial charge in [0.1, 0.15) is 5.03 Å². The lowest BCUT2D eigenvalue weighted by Gasteiger charge is -2.16. The van der Waals surface area contributed by atoms with E-state index >= 15 is 0 Å². The van der Waals surface area contributed by atoms with Crippen LogP contribution in [0.1, 0.15) is 13.8 Å². The van der Waals surface area contributed by atoms with Gasteiger partial charge in [0.15, 0.2) is 0 Å². The van der Waals surface area contributed by atoms with E-state index in [1.165, 1.54) is 0 Å². The summed E-state index contributed by atoms with van der Waals surface area (Å²) in [4.78, 5) is 6.41. The molecule has 2 heterocycles. The van der Waals surface area contributed by atoms with Gasteiger partial charge < -0.3 is 4.90 Å². The summed E-state index contributed by atoms with van der Waals surface area (Å²) >= 11 is 1.76. The van der Waals surface area contributed by atoms with Crippen LogP contribution >= 0.6 is 11.8 Å². The van der Waals surface area contributed by atoms with Crippen molar-refractivity contribution < 1.29 is 0 Å². The lowest BCUT2D eigenvalue weighted by molar-refractivity contribution is 0.324. The standard InChI is InChI=1S/C15H20N4S/c1-3-19(4-2)11-12-20-15-6-5-14(17-18-15)13-7-9-16-10-8-13/h5-10H,3-4,11-12H2,1-2H3. The lowest BCUT2D eigenvalue weighted by atomic mass is 10.2. The molecule has 0 radical (unpaired) electrons. The fourth-order valence-electron chi connectivity index (χ4n) is 1.89. The van der Waals surface area contributed by atoms with Crippen LogP contribution < -0.4 is 0 Å². The number of thioether (sulfide) groups is 1. The Morgan fingerprint density at radius 2 is 1.75 bits per heavy atom. The van der Waals surface area contributed by atoms with E-state index in [0.29, 0.717) is 0 Å². The predicted molar refractivity (Wildman–Crippen MR) is 83.8 cm³/mol. The molecule has 0 N–H and O–H groups in total. The van der Waals surface area contributed by atoms with Crippen molar-refractivity contribution in [2.75, 3.05) is 25.4 Å². The number of rotatable bonds is 7. The van der Waals surface area contributed by atoms with Crippen LogP contribution in [-0.4, -0.2) is 45.5 Å². The maximum Gasteiger partial charge on any atom is 0.119 e. The van der Waals surface area contributed by atoms with Crippen molar-refractivity contribution in [3.63, 3.8) is 0 Å². The van der Waals surface area contributed by atoms with Gasteiger partial charge in [-0.05, 0) is 37.4 Å². The van der Waals surface area contributed by atoms with Gasteiger partial charge in [0.05, 0.1) is 5.69 Å². The zero-order chi connectivity index (χ0) is 14.2. The van der Waals surface area contributed by atoms with Crippen molar-refractivity contribution in [1.82, 2.24) is 20.1 Å². The van der Waals surface area contributed by atoms with Crippen molar-refractivity contribution in [3.8, 4) is 11.3 Å². The largest absolute Gasteiger partial charge is 0.303 e. The second kappa shape index (κ2) is 7.97. The van der Waals surface area contributed by atoms with Gasteiger partial charge in [-0.15, -0.1) is 22.0 Å². The van der Waals surface area contributed by atoms with Gasteiger partial charge in [0.25, 0.3) is 0 Å². The molecule has 4 nitrogen and oxygen atoms in total. The molecule has 0 saturated heterocycles. The number of pyridine rings is 1. The smallest absolute Gasteiger partial charge is 0.119 e. The van der Waals surface area contributed by atoms with E-state index in [0.717, 1.165) is 41.7 Å². The van der Waals surface area contributed by atoms with E-state index in [1.807, 2.05) is 24.3 Å². The number of nitrogens with zero attached hydrogens (tertiary/aromatic N) is 4. The van der Waals surface area contributed by atoms with Crippen LogP contribution in [0.5, 0.6) is 0 Å².